The van der Waals surface area contributed by atoms with Crippen molar-refractivity contribution in [2.75, 3.05) is 4.72 Å². The molecule has 0 aliphatic heterocycles. The van der Waals surface area contributed by atoms with E-state index < -0.39 is 22.0 Å². The molecule has 0 spiro atoms. The molecule has 5 nitrogen and oxygen atoms in total. The minimum atomic E-state index is -4.63. The van der Waals surface area contributed by atoms with Crippen LogP contribution in [-0.4, -0.2) is 18.4 Å². The topological polar surface area (TPSA) is 74.8 Å². The van der Waals surface area contributed by atoms with E-state index in [1.54, 1.807) is 6.92 Å². The van der Waals surface area contributed by atoms with Gasteiger partial charge < -0.3 is 4.98 Å². The van der Waals surface area contributed by atoms with Crippen molar-refractivity contribution < 1.29 is 21.6 Å². The molecule has 0 saturated heterocycles. The standard InChI is InChI=1S/C15H10Cl2F3N3O2S/c1-7-4-13(10(17)6-9(7)16)26(24,25)23-8-2-3-11-12(5-8)22-14(21-11)15(18,19)20/h2-6,23H,1H3,(H,21,22). The third-order valence-corrected chi connectivity index (χ3v) is 5.76. The molecule has 0 unspecified atom stereocenters. The molecule has 0 aliphatic carbocycles. The number of aromatic nitrogens is 2. The van der Waals surface area contributed by atoms with E-state index in [0.717, 1.165) is 0 Å². The Morgan fingerprint density at radius 1 is 1.12 bits per heavy atom. The molecule has 3 aromatic rings. The van der Waals surface area contributed by atoms with Crippen LogP contribution in [0.4, 0.5) is 18.9 Å². The van der Waals surface area contributed by atoms with Gasteiger partial charge in [-0.2, -0.15) is 13.2 Å². The molecule has 0 bridgehead atoms. The normalized spacial score (nSPS) is 12.5. The SMILES string of the molecule is Cc1cc(S(=O)(=O)Nc2ccc3nc(C(F)(F)F)[nH]c3c2)c(Cl)cc1Cl. The second-order valence-electron chi connectivity index (χ2n) is 5.45. The van der Waals surface area contributed by atoms with Crippen LogP contribution in [0.25, 0.3) is 11.0 Å². The van der Waals surface area contributed by atoms with Crippen LogP contribution in [0.3, 0.4) is 0 Å². The molecule has 1 heterocycles. The smallest absolute Gasteiger partial charge is 0.334 e. The molecule has 0 radical (unpaired) electrons. The van der Waals surface area contributed by atoms with Crippen molar-refractivity contribution in [3.63, 3.8) is 0 Å². The van der Waals surface area contributed by atoms with E-state index >= 15 is 0 Å². The summed E-state index contributed by atoms with van der Waals surface area (Å²) in [5, 5.41) is 0.239. The number of H-pyrrole nitrogens is 1. The van der Waals surface area contributed by atoms with Gasteiger partial charge in [0.25, 0.3) is 10.0 Å². The first-order chi connectivity index (χ1) is 12.0. The number of sulfonamides is 1. The Morgan fingerprint density at radius 3 is 2.46 bits per heavy atom. The molecule has 2 N–H and O–H groups in total. The van der Waals surface area contributed by atoms with Crippen molar-refractivity contribution >= 4 is 49.9 Å². The van der Waals surface area contributed by atoms with E-state index in [2.05, 4.69) is 14.7 Å². The molecule has 0 fully saturated rings. The van der Waals surface area contributed by atoms with Crippen LogP contribution in [0.2, 0.25) is 10.0 Å². The van der Waals surface area contributed by atoms with E-state index in [4.69, 9.17) is 23.2 Å². The molecule has 26 heavy (non-hydrogen) atoms. The van der Waals surface area contributed by atoms with Gasteiger partial charge in [0.15, 0.2) is 0 Å². The lowest BCUT2D eigenvalue weighted by Crippen LogP contribution is -2.13. The van der Waals surface area contributed by atoms with Crippen LogP contribution in [0, 0.1) is 6.92 Å². The largest absolute Gasteiger partial charge is 0.449 e. The Hall–Kier alpha value is -1.97. The van der Waals surface area contributed by atoms with E-state index in [-0.39, 0.29) is 26.6 Å². The highest BCUT2D eigenvalue weighted by Gasteiger charge is 2.34. The lowest BCUT2D eigenvalue weighted by Gasteiger charge is -2.11. The molecule has 0 amide bonds. The van der Waals surface area contributed by atoms with E-state index in [0.29, 0.717) is 10.6 Å². The molecular formula is C15H10Cl2F3N3O2S. The summed E-state index contributed by atoms with van der Waals surface area (Å²) < 4.78 is 65.5. The summed E-state index contributed by atoms with van der Waals surface area (Å²) in [5.74, 6) is -1.16. The number of nitrogens with zero attached hydrogens (tertiary/aromatic N) is 1. The fourth-order valence-corrected chi connectivity index (χ4v) is 4.14. The quantitative estimate of drug-likeness (QED) is 0.622. The summed E-state index contributed by atoms with van der Waals surface area (Å²) in [4.78, 5) is 5.34. The van der Waals surface area contributed by atoms with Crippen LogP contribution in [0.1, 0.15) is 11.4 Å². The summed E-state index contributed by atoms with van der Waals surface area (Å²) in [7, 11) is -4.07. The van der Waals surface area contributed by atoms with Crippen molar-refractivity contribution in [3.8, 4) is 0 Å². The minimum absolute atomic E-state index is 0.0379. The van der Waals surface area contributed by atoms with Gasteiger partial charge in [-0.3, -0.25) is 4.72 Å². The van der Waals surface area contributed by atoms with Crippen LogP contribution >= 0.6 is 23.2 Å². The predicted molar refractivity (Wildman–Crippen MR) is 93.1 cm³/mol. The van der Waals surface area contributed by atoms with E-state index in [1.807, 2.05) is 0 Å². The van der Waals surface area contributed by atoms with Crippen molar-refractivity contribution in [2.45, 2.75) is 18.0 Å². The maximum atomic E-state index is 12.7. The highest BCUT2D eigenvalue weighted by atomic mass is 35.5. The summed E-state index contributed by atoms with van der Waals surface area (Å²) in [6, 6.07) is 6.40. The van der Waals surface area contributed by atoms with Gasteiger partial charge in [0.1, 0.15) is 4.90 Å². The van der Waals surface area contributed by atoms with Crippen LogP contribution < -0.4 is 4.72 Å². The second kappa shape index (κ2) is 6.33. The number of rotatable bonds is 3. The first kappa shape index (κ1) is 18.8. The fraction of sp³-hybridized carbons (Fsp3) is 0.133. The lowest BCUT2D eigenvalue weighted by atomic mass is 10.2. The van der Waals surface area contributed by atoms with Crippen molar-refractivity contribution in [1.29, 1.82) is 0 Å². The van der Waals surface area contributed by atoms with Gasteiger partial charge in [-0.1, -0.05) is 23.2 Å². The monoisotopic (exact) mass is 423 g/mol. The molecule has 0 atom stereocenters. The third-order valence-electron chi connectivity index (χ3n) is 3.51. The second-order valence-corrected chi connectivity index (χ2v) is 7.92. The Kier molecular flexibility index (Phi) is 4.58. The van der Waals surface area contributed by atoms with Crippen LogP contribution in [0.5, 0.6) is 0 Å². The zero-order valence-corrected chi connectivity index (χ0v) is 15.3. The molecule has 2 aromatic carbocycles. The number of benzene rings is 2. The first-order valence-electron chi connectivity index (χ1n) is 7.03. The van der Waals surface area contributed by atoms with Crippen molar-refractivity contribution in [3.05, 3.63) is 51.8 Å². The van der Waals surface area contributed by atoms with Gasteiger partial charge in [0, 0.05) is 5.02 Å². The average Bonchev–Trinajstić information content (AvgIpc) is 2.93. The maximum Gasteiger partial charge on any atom is 0.449 e. The number of hydrogen-bond donors (Lipinski definition) is 2. The Morgan fingerprint density at radius 2 is 1.81 bits per heavy atom. The van der Waals surface area contributed by atoms with E-state index in [9.17, 15) is 21.6 Å². The molecular weight excluding hydrogens is 414 g/mol. The zero-order chi connectivity index (χ0) is 19.3. The number of fused-ring (bicyclic) bond motifs is 1. The van der Waals surface area contributed by atoms with Gasteiger partial charge in [0.05, 0.1) is 21.7 Å². The number of hydrogen-bond acceptors (Lipinski definition) is 3. The summed E-state index contributed by atoms with van der Waals surface area (Å²) in [6.45, 7) is 1.62. The Bertz CT molecular complexity index is 1110. The van der Waals surface area contributed by atoms with Gasteiger partial charge >= 0.3 is 6.18 Å². The molecule has 1 aromatic heterocycles. The number of nitrogens with one attached hydrogen (secondary N) is 2. The van der Waals surface area contributed by atoms with Crippen molar-refractivity contribution in [1.82, 2.24) is 9.97 Å². The highest BCUT2D eigenvalue weighted by Crippen LogP contribution is 2.31. The summed E-state index contributed by atoms with van der Waals surface area (Å²) in [5.41, 5.74) is 0.658. The highest BCUT2D eigenvalue weighted by molar-refractivity contribution is 7.92. The molecule has 0 saturated carbocycles. The van der Waals surface area contributed by atoms with Gasteiger partial charge in [-0.15, -0.1) is 0 Å². The molecule has 0 aliphatic rings. The Balaban J connectivity index is 1.99. The predicted octanol–water partition coefficient (Wildman–Crippen LogP) is 5.00. The number of alkyl halides is 3. The lowest BCUT2D eigenvalue weighted by molar-refractivity contribution is -0.144. The van der Waals surface area contributed by atoms with E-state index in [1.165, 1.54) is 30.3 Å². The van der Waals surface area contributed by atoms with Crippen LogP contribution in [-0.2, 0) is 16.2 Å². The number of halogens is 5. The number of aryl methyl sites for hydroxylation is 1. The first-order valence-corrected chi connectivity index (χ1v) is 9.27. The molecule has 11 heteroatoms. The number of aromatic amines is 1. The zero-order valence-electron chi connectivity index (χ0n) is 12.9. The van der Waals surface area contributed by atoms with Crippen LogP contribution in [0.15, 0.2) is 35.2 Å². The van der Waals surface area contributed by atoms with Gasteiger partial charge in [-0.05, 0) is 42.8 Å². The number of anilines is 1. The molecule has 3 rings (SSSR count). The molecule has 138 valence electrons. The Labute approximate surface area is 156 Å². The average molecular weight is 424 g/mol. The summed E-state index contributed by atoms with van der Waals surface area (Å²) in [6.07, 6.45) is -4.63. The minimum Gasteiger partial charge on any atom is -0.334 e. The van der Waals surface area contributed by atoms with Crippen molar-refractivity contribution in [2.24, 2.45) is 0 Å². The fourth-order valence-electron chi connectivity index (χ4n) is 2.25. The third kappa shape index (κ3) is 3.60. The number of imidazole rings is 1. The maximum absolute atomic E-state index is 12.7. The van der Waals surface area contributed by atoms with Gasteiger partial charge in [0.2, 0.25) is 5.82 Å². The van der Waals surface area contributed by atoms with Gasteiger partial charge in [-0.25, -0.2) is 13.4 Å². The summed E-state index contributed by atoms with van der Waals surface area (Å²) >= 11 is 11.9.